The van der Waals surface area contributed by atoms with E-state index in [-0.39, 0.29) is 0 Å². The Morgan fingerprint density at radius 1 is 1.25 bits per heavy atom. The van der Waals surface area contributed by atoms with Crippen LogP contribution in [0.4, 0.5) is 0 Å². The summed E-state index contributed by atoms with van der Waals surface area (Å²) < 4.78 is 10.1. The number of halogens is 1. The van der Waals surface area contributed by atoms with Gasteiger partial charge in [0, 0.05) is 5.33 Å². The normalized spacial score (nSPS) is 20.9. The third-order valence-electron chi connectivity index (χ3n) is 2.82. The summed E-state index contributed by atoms with van der Waals surface area (Å²) in [5.74, 6) is -0.976. The number of alkyl halides is 1. The van der Waals surface area contributed by atoms with Crippen LogP contribution in [0.3, 0.4) is 0 Å². The number of carbonyl (C=O) groups excluding carboxylic acids is 2. The summed E-state index contributed by atoms with van der Waals surface area (Å²) in [6.07, 6.45) is 3.17. The lowest BCUT2D eigenvalue weighted by Gasteiger charge is -2.34. The van der Waals surface area contributed by atoms with Crippen molar-refractivity contribution in [3.63, 3.8) is 0 Å². The molecule has 1 rings (SSSR count). The van der Waals surface area contributed by atoms with Crippen molar-refractivity contribution in [3.8, 4) is 0 Å². The lowest BCUT2D eigenvalue weighted by molar-refractivity contribution is -0.215. The Morgan fingerprint density at radius 3 is 2.12 bits per heavy atom. The fourth-order valence-corrected chi connectivity index (χ4v) is 1.83. The molecule has 0 radical (unpaired) electrons. The molecule has 0 saturated carbocycles. The first kappa shape index (κ1) is 13.2. The molecule has 1 heterocycles. The van der Waals surface area contributed by atoms with Crippen molar-refractivity contribution in [3.05, 3.63) is 12.2 Å². The Morgan fingerprint density at radius 2 is 1.75 bits per heavy atom. The SMILES string of the molecule is CCC1(CC)C(=O)OC(/C=C/CBr)OC1=O. The quantitative estimate of drug-likeness (QED) is 0.345. The lowest BCUT2D eigenvalue weighted by Crippen LogP contribution is -2.49. The fraction of sp³-hybridized carbons (Fsp3) is 0.636. The Balaban J connectivity index is 2.82. The minimum atomic E-state index is -1.11. The molecule has 16 heavy (non-hydrogen) atoms. The van der Waals surface area contributed by atoms with Gasteiger partial charge in [-0.15, -0.1) is 0 Å². The van der Waals surface area contributed by atoms with Crippen LogP contribution in [-0.4, -0.2) is 23.6 Å². The first-order valence-electron chi connectivity index (χ1n) is 5.25. The number of rotatable bonds is 4. The van der Waals surface area contributed by atoms with E-state index in [1.54, 1.807) is 26.0 Å². The maximum Gasteiger partial charge on any atom is 0.326 e. The number of carbonyl (C=O) groups is 2. The molecule has 0 aromatic carbocycles. The zero-order chi connectivity index (χ0) is 12.2. The molecule has 0 atom stereocenters. The Bertz CT molecular complexity index is 287. The van der Waals surface area contributed by atoms with Gasteiger partial charge in [-0.25, -0.2) is 0 Å². The standard InChI is InChI=1S/C11H15BrO4/c1-3-11(4-2)9(13)15-8(6-5-7-12)16-10(11)14/h5-6,8H,3-4,7H2,1-2H3/b6-5+. The molecule has 0 spiro atoms. The summed E-state index contributed by atoms with van der Waals surface area (Å²) in [7, 11) is 0. The fourth-order valence-electron chi connectivity index (χ4n) is 1.61. The van der Waals surface area contributed by atoms with E-state index in [1.165, 1.54) is 0 Å². The zero-order valence-electron chi connectivity index (χ0n) is 9.36. The largest absolute Gasteiger partial charge is 0.420 e. The Labute approximate surface area is 103 Å². The maximum absolute atomic E-state index is 11.8. The molecule has 1 saturated heterocycles. The minimum absolute atomic E-state index is 0.399. The van der Waals surface area contributed by atoms with Crippen LogP contribution in [0.25, 0.3) is 0 Å². The van der Waals surface area contributed by atoms with Crippen LogP contribution >= 0.6 is 15.9 Å². The molecule has 0 aliphatic carbocycles. The van der Waals surface area contributed by atoms with Gasteiger partial charge in [0.1, 0.15) is 0 Å². The number of hydrogen-bond donors (Lipinski definition) is 0. The van der Waals surface area contributed by atoms with Crippen molar-refractivity contribution in [2.24, 2.45) is 5.41 Å². The van der Waals surface area contributed by atoms with Gasteiger partial charge in [0.2, 0.25) is 0 Å². The molecule has 0 aromatic rings. The van der Waals surface area contributed by atoms with E-state index in [9.17, 15) is 9.59 Å². The van der Waals surface area contributed by atoms with Gasteiger partial charge in [-0.3, -0.25) is 9.59 Å². The first-order valence-corrected chi connectivity index (χ1v) is 6.37. The topological polar surface area (TPSA) is 52.6 Å². The van der Waals surface area contributed by atoms with E-state index in [4.69, 9.17) is 9.47 Å². The summed E-state index contributed by atoms with van der Waals surface area (Å²) in [6, 6.07) is 0. The highest BCUT2D eigenvalue weighted by molar-refractivity contribution is 9.09. The third-order valence-corrected chi connectivity index (χ3v) is 3.19. The maximum atomic E-state index is 11.8. The minimum Gasteiger partial charge on any atom is -0.420 e. The van der Waals surface area contributed by atoms with Crippen molar-refractivity contribution in [2.45, 2.75) is 33.0 Å². The van der Waals surface area contributed by atoms with Crippen molar-refractivity contribution in [2.75, 3.05) is 5.33 Å². The first-order chi connectivity index (χ1) is 7.60. The van der Waals surface area contributed by atoms with E-state index < -0.39 is 23.6 Å². The van der Waals surface area contributed by atoms with Crippen molar-refractivity contribution < 1.29 is 19.1 Å². The van der Waals surface area contributed by atoms with E-state index in [1.807, 2.05) is 0 Å². The number of cyclic esters (lactones) is 2. The Hall–Kier alpha value is -0.840. The van der Waals surface area contributed by atoms with Gasteiger partial charge < -0.3 is 9.47 Å². The van der Waals surface area contributed by atoms with E-state index in [2.05, 4.69) is 15.9 Å². The molecule has 0 amide bonds. The smallest absolute Gasteiger partial charge is 0.326 e. The van der Waals surface area contributed by atoms with Gasteiger partial charge in [-0.05, 0) is 18.9 Å². The second kappa shape index (κ2) is 5.48. The lowest BCUT2D eigenvalue weighted by atomic mass is 9.82. The molecule has 1 aliphatic heterocycles. The van der Waals surface area contributed by atoms with E-state index in [0.717, 1.165) is 0 Å². The predicted octanol–water partition coefficient (Wildman–Crippen LogP) is 2.17. The average molecular weight is 291 g/mol. The molecule has 0 bridgehead atoms. The zero-order valence-corrected chi connectivity index (χ0v) is 11.0. The highest BCUT2D eigenvalue weighted by Crippen LogP contribution is 2.34. The Kier molecular flexibility index (Phi) is 4.53. The molecule has 1 aliphatic rings. The summed E-state index contributed by atoms with van der Waals surface area (Å²) in [5, 5.41) is 0.616. The van der Waals surface area contributed by atoms with E-state index in [0.29, 0.717) is 18.2 Å². The van der Waals surface area contributed by atoms with Gasteiger partial charge in [0.25, 0.3) is 6.29 Å². The molecule has 0 unspecified atom stereocenters. The number of hydrogen-bond acceptors (Lipinski definition) is 4. The van der Waals surface area contributed by atoms with Gasteiger partial charge in [0.05, 0.1) is 0 Å². The number of esters is 2. The summed E-state index contributed by atoms with van der Waals surface area (Å²) in [4.78, 5) is 23.6. The van der Waals surface area contributed by atoms with Crippen molar-refractivity contribution in [1.82, 2.24) is 0 Å². The second-order valence-electron chi connectivity index (χ2n) is 3.55. The summed E-state index contributed by atoms with van der Waals surface area (Å²) in [5.41, 5.74) is -1.11. The van der Waals surface area contributed by atoms with Gasteiger partial charge in [-0.2, -0.15) is 0 Å². The number of ether oxygens (including phenoxy) is 2. The van der Waals surface area contributed by atoms with Crippen LogP contribution < -0.4 is 0 Å². The molecule has 1 fully saturated rings. The highest BCUT2D eigenvalue weighted by atomic mass is 79.9. The summed E-state index contributed by atoms with van der Waals surface area (Å²) in [6.45, 7) is 3.56. The molecular weight excluding hydrogens is 276 g/mol. The van der Waals surface area contributed by atoms with Crippen LogP contribution in [-0.2, 0) is 19.1 Å². The molecular formula is C11H15BrO4. The second-order valence-corrected chi connectivity index (χ2v) is 4.20. The van der Waals surface area contributed by atoms with E-state index >= 15 is 0 Å². The monoisotopic (exact) mass is 290 g/mol. The highest BCUT2D eigenvalue weighted by Gasteiger charge is 2.50. The van der Waals surface area contributed by atoms with Crippen molar-refractivity contribution in [1.29, 1.82) is 0 Å². The number of allylic oxidation sites excluding steroid dienone is 1. The molecule has 0 N–H and O–H groups in total. The molecule has 5 heteroatoms. The molecule has 0 aromatic heterocycles. The summed E-state index contributed by atoms with van der Waals surface area (Å²) >= 11 is 3.19. The van der Waals surface area contributed by atoms with Gasteiger partial charge in [-0.1, -0.05) is 35.9 Å². The predicted molar refractivity (Wildman–Crippen MR) is 61.9 cm³/mol. The van der Waals surface area contributed by atoms with Crippen molar-refractivity contribution >= 4 is 27.9 Å². The van der Waals surface area contributed by atoms with Crippen LogP contribution in [0.15, 0.2) is 12.2 Å². The van der Waals surface area contributed by atoms with Crippen LogP contribution in [0.1, 0.15) is 26.7 Å². The van der Waals surface area contributed by atoms with Gasteiger partial charge >= 0.3 is 11.9 Å². The van der Waals surface area contributed by atoms with Crippen LogP contribution in [0.2, 0.25) is 0 Å². The molecule has 4 nitrogen and oxygen atoms in total. The van der Waals surface area contributed by atoms with Crippen LogP contribution in [0, 0.1) is 5.41 Å². The van der Waals surface area contributed by atoms with Crippen LogP contribution in [0.5, 0.6) is 0 Å². The van der Waals surface area contributed by atoms with Gasteiger partial charge in [0.15, 0.2) is 5.41 Å². The average Bonchev–Trinajstić information content (AvgIpc) is 2.27. The third kappa shape index (κ3) is 2.29. The molecule has 90 valence electrons.